The van der Waals surface area contributed by atoms with Gasteiger partial charge in [0.05, 0.1) is 7.11 Å². The first-order chi connectivity index (χ1) is 10.7. The third-order valence-corrected chi connectivity index (χ3v) is 3.75. The molecule has 1 saturated carbocycles. The summed E-state index contributed by atoms with van der Waals surface area (Å²) in [5.41, 5.74) is 0.959. The van der Waals surface area contributed by atoms with Crippen molar-refractivity contribution < 1.29 is 9.53 Å². The fourth-order valence-corrected chi connectivity index (χ4v) is 2.33. The van der Waals surface area contributed by atoms with Crippen molar-refractivity contribution in [3.63, 3.8) is 0 Å². The van der Waals surface area contributed by atoms with Crippen molar-refractivity contribution >= 4 is 6.03 Å². The van der Waals surface area contributed by atoms with Gasteiger partial charge in [0.2, 0.25) is 0 Å². The summed E-state index contributed by atoms with van der Waals surface area (Å²) in [7, 11) is 3.55. The predicted molar refractivity (Wildman–Crippen MR) is 82.7 cm³/mol. The van der Waals surface area contributed by atoms with Crippen LogP contribution in [0.15, 0.2) is 36.7 Å². The highest BCUT2D eigenvalue weighted by atomic mass is 16.5. The molecule has 6 nitrogen and oxygen atoms in total. The molecule has 22 heavy (non-hydrogen) atoms. The summed E-state index contributed by atoms with van der Waals surface area (Å²) in [4.78, 5) is 16.5. The summed E-state index contributed by atoms with van der Waals surface area (Å²) in [6, 6.07) is 7.50. The number of nitrogens with zero attached hydrogens (tertiary/aromatic N) is 2. The van der Waals surface area contributed by atoms with Crippen LogP contribution in [0.3, 0.4) is 0 Å². The Morgan fingerprint density at radius 1 is 1.36 bits per heavy atom. The van der Waals surface area contributed by atoms with Gasteiger partial charge in [0.25, 0.3) is 0 Å². The van der Waals surface area contributed by atoms with Crippen LogP contribution in [0.4, 0.5) is 4.79 Å². The normalized spacial score (nSPS) is 15.2. The molecule has 1 aliphatic carbocycles. The third kappa shape index (κ3) is 3.21. The Kier molecular flexibility index (Phi) is 4.00. The minimum absolute atomic E-state index is 0.161. The van der Waals surface area contributed by atoms with Gasteiger partial charge in [-0.3, -0.25) is 0 Å². The van der Waals surface area contributed by atoms with Crippen molar-refractivity contribution in [3.05, 3.63) is 48.0 Å². The lowest BCUT2D eigenvalue weighted by atomic mass is 10.1. The number of amides is 2. The second kappa shape index (κ2) is 6.09. The van der Waals surface area contributed by atoms with Crippen LogP contribution < -0.4 is 15.4 Å². The number of rotatable bonds is 5. The molecule has 116 valence electrons. The topological polar surface area (TPSA) is 68.2 Å². The molecular formula is C16H20N4O2. The van der Waals surface area contributed by atoms with Gasteiger partial charge < -0.3 is 19.9 Å². The van der Waals surface area contributed by atoms with Crippen molar-refractivity contribution in [1.29, 1.82) is 0 Å². The van der Waals surface area contributed by atoms with E-state index in [-0.39, 0.29) is 12.1 Å². The molecule has 1 heterocycles. The number of carbonyl (C=O) groups is 1. The van der Waals surface area contributed by atoms with E-state index < -0.39 is 0 Å². The Hall–Kier alpha value is -2.50. The first-order valence-electron chi connectivity index (χ1n) is 7.35. The van der Waals surface area contributed by atoms with Gasteiger partial charge in [-0.1, -0.05) is 12.1 Å². The van der Waals surface area contributed by atoms with Crippen molar-refractivity contribution in [1.82, 2.24) is 20.2 Å². The Bertz CT molecular complexity index is 646. The average molecular weight is 300 g/mol. The number of ether oxygens (including phenoxy) is 1. The van der Waals surface area contributed by atoms with Crippen LogP contribution in [-0.4, -0.2) is 28.7 Å². The number of aromatic nitrogens is 2. The second-order valence-electron chi connectivity index (χ2n) is 5.49. The van der Waals surface area contributed by atoms with E-state index in [1.54, 1.807) is 13.3 Å². The van der Waals surface area contributed by atoms with Crippen molar-refractivity contribution in [2.45, 2.75) is 24.9 Å². The number of imidazole rings is 1. The zero-order valence-corrected chi connectivity index (χ0v) is 12.7. The number of urea groups is 1. The van der Waals surface area contributed by atoms with Gasteiger partial charge in [-0.15, -0.1) is 0 Å². The molecule has 1 aliphatic rings. The van der Waals surface area contributed by atoms with E-state index in [1.807, 2.05) is 42.1 Å². The number of hydrogen-bond donors (Lipinski definition) is 2. The minimum atomic E-state index is -0.301. The van der Waals surface area contributed by atoms with Crippen molar-refractivity contribution in [2.75, 3.05) is 7.11 Å². The SMILES string of the molecule is COc1ccc(C(NC(=O)NC2CC2)c2nccn2C)cc1. The smallest absolute Gasteiger partial charge is 0.315 e. The van der Waals surface area contributed by atoms with Crippen LogP contribution in [0, 0.1) is 0 Å². The highest BCUT2D eigenvalue weighted by molar-refractivity contribution is 5.75. The van der Waals surface area contributed by atoms with Crippen molar-refractivity contribution in [3.8, 4) is 5.75 Å². The zero-order chi connectivity index (χ0) is 15.5. The zero-order valence-electron chi connectivity index (χ0n) is 12.7. The fraction of sp³-hybridized carbons (Fsp3) is 0.375. The lowest BCUT2D eigenvalue weighted by Crippen LogP contribution is -2.40. The quantitative estimate of drug-likeness (QED) is 0.887. The van der Waals surface area contributed by atoms with Crippen molar-refractivity contribution in [2.24, 2.45) is 7.05 Å². The number of hydrogen-bond acceptors (Lipinski definition) is 3. The molecule has 6 heteroatoms. The Labute approximate surface area is 129 Å². The van der Waals surface area contributed by atoms with E-state index in [1.165, 1.54) is 0 Å². The number of benzene rings is 1. The predicted octanol–water partition coefficient (Wildman–Crippen LogP) is 1.98. The molecule has 0 aliphatic heterocycles. The summed E-state index contributed by atoms with van der Waals surface area (Å²) >= 11 is 0. The van der Waals surface area contributed by atoms with Crippen LogP contribution in [0.1, 0.15) is 30.3 Å². The standard InChI is InChI=1S/C16H20N4O2/c1-20-10-9-17-15(20)14(19-16(21)18-12-5-6-12)11-3-7-13(22-2)8-4-11/h3-4,7-10,12,14H,5-6H2,1-2H3,(H2,18,19,21). The largest absolute Gasteiger partial charge is 0.497 e. The maximum absolute atomic E-state index is 12.1. The van der Waals surface area contributed by atoms with Gasteiger partial charge in [0.1, 0.15) is 17.6 Å². The Morgan fingerprint density at radius 2 is 2.09 bits per heavy atom. The molecule has 1 fully saturated rings. The van der Waals surface area contributed by atoms with Crippen LogP contribution in [-0.2, 0) is 7.05 Å². The van der Waals surface area contributed by atoms with E-state index >= 15 is 0 Å². The van der Waals surface area contributed by atoms with E-state index in [9.17, 15) is 4.79 Å². The van der Waals surface area contributed by atoms with Crippen LogP contribution in [0.25, 0.3) is 0 Å². The van der Waals surface area contributed by atoms with Gasteiger partial charge in [-0.05, 0) is 30.5 Å². The van der Waals surface area contributed by atoms with Gasteiger partial charge in [0, 0.05) is 25.5 Å². The van der Waals surface area contributed by atoms with E-state index in [4.69, 9.17) is 4.74 Å². The van der Waals surface area contributed by atoms with Crippen LogP contribution >= 0.6 is 0 Å². The van der Waals surface area contributed by atoms with E-state index in [0.717, 1.165) is 30.0 Å². The number of aryl methyl sites for hydroxylation is 1. The Balaban J connectivity index is 1.84. The molecule has 0 bridgehead atoms. The number of nitrogens with one attached hydrogen (secondary N) is 2. The molecule has 0 saturated heterocycles. The lowest BCUT2D eigenvalue weighted by Gasteiger charge is -2.19. The van der Waals surface area contributed by atoms with Crippen LogP contribution in [0.2, 0.25) is 0 Å². The van der Waals surface area contributed by atoms with Gasteiger partial charge in [-0.2, -0.15) is 0 Å². The molecule has 2 aromatic rings. The summed E-state index contributed by atoms with van der Waals surface area (Å²) in [6.45, 7) is 0. The second-order valence-corrected chi connectivity index (χ2v) is 5.49. The maximum atomic E-state index is 12.1. The molecule has 1 unspecified atom stereocenters. The number of methoxy groups -OCH3 is 1. The van der Waals surface area contributed by atoms with E-state index in [0.29, 0.717) is 6.04 Å². The highest BCUT2D eigenvalue weighted by Gasteiger charge is 2.26. The van der Waals surface area contributed by atoms with E-state index in [2.05, 4.69) is 15.6 Å². The van der Waals surface area contributed by atoms with Gasteiger partial charge in [-0.25, -0.2) is 9.78 Å². The first-order valence-corrected chi connectivity index (χ1v) is 7.35. The molecule has 0 radical (unpaired) electrons. The maximum Gasteiger partial charge on any atom is 0.315 e. The average Bonchev–Trinajstić information content (AvgIpc) is 3.24. The molecule has 1 atom stereocenters. The molecule has 1 aromatic carbocycles. The lowest BCUT2D eigenvalue weighted by molar-refractivity contribution is 0.237. The minimum Gasteiger partial charge on any atom is -0.497 e. The van der Waals surface area contributed by atoms with Crippen LogP contribution in [0.5, 0.6) is 5.75 Å². The molecular weight excluding hydrogens is 280 g/mol. The first kappa shape index (κ1) is 14.4. The Morgan fingerprint density at radius 3 is 2.64 bits per heavy atom. The van der Waals surface area contributed by atoms with Gasteiger partial charge >= 0.3 is 6.03 Å². The van der Waals surface area contributed by atoms with Gasteiger partial charge in [0.15, 0.2) is 0 Å². The summed E-state index contributed by atoms with van der Waals surface area (Å²) in [5, 5.41) is 5.96. The molecule has 3 rings (SSSR count). The molecule has 1 aromatic heterocycles. The molecule has 2 N–H and O–H groups in total. The monoisotopic (exact) mass is 300 g/mol. The highest BCUT2D eigenvalue weighted by Crippen LogP contribution is 2.23. The molecule has 0 spiro atoms. The summed E-state index contributed by atoms with van der Waals surface area (Å²) < 4.78 is 7.09. The summed E-state index contributed by atoms with van der Waals surface area (Å²) in [6.07, 6.45) is 5.71. The number of carbonyl (C=O) groups excluding carboxylic acids is 1. The molecule has 2 amide bonds. The fourth-order valence-electron chi connectivity index (χ4n) is 2.33. The third-order valence-electron chi connectivity index (χ3n) is 3.75. The summed E-state index contributed by atoms with van der Waals surface area (Å²) in [5.74, 6) is 1.57.